The van der Waals surface area contributed by atoms with Crippen molar-refractivity contribution in [2.45, 2.75) is 26.3 Å². The summed E-state index contributed by atoms with van der Waals surface area (Å²) in [6.07, 6.45) is 1.39. The molecule has 1 amide bonds. The molecule has 0 heterocycles. The fourth-order valence-corrected chi connectivity index (χ4v) is 5.00. The molecule has 0 aliphatic heterocycles. The van der Waals surface area contributed by atoms with Gasteiger partial charge < -0.3 is 10.1 Å². The predicted molar refractivity (Wildman–Crippen MR) is 130 cm³/mol. The minimum atomic E-state index is -3.73. The average molecular weight is 475 g/mol. The van der Waals surface area contributed by atoms with Gasteiger partial charge in [-0.2, -0.15) is 0 Å². The molecule has 1 N–H and O–H groups in total. The summed E-state index contributed by atoms with van der Waals surface area (Å²) in [5.41, 5.74) is 1.11. The molecule has 8 heteroatoms. The van der Waals surface area contributed by atoms with E-state index in [-0.39, 0.29) is 19.1 Å². The van der Waals surface area contributed by atoms with Crippen LogP contribution in [0.25, 0.3) is 10.8 Å². The standard InChI is InChI=1S/C24H27ClN2O4S/c1-4-22(27(32(3,29)30)23-16-20(25)11-9-17(23)2)24(28)26-13-14-31-21-12-10-18-7-5-6-8-19(18)15-21/h5-12,15-16,22H,4,13-14H2,1-3H3,(H,26,28)/t22-/m0/s1. The largest absolute Gasteiger partial charge is 0.492 e. The van der Waals surface area contributed by atoms with Gasteiger partial charge in [0, 0.05) is 5.02 Å². The first-order chi connectivity index (χ1) is 15.2. The smallest absolute Gasteiger partial charge is 0.244 e. The Bertz CT molecular complexity index is 1210. The summed E-state index contributed by atoms with van der Waals surface area (Å²) < 4.78 is 32.1. The van der Waals surface area contributed by atoms with Crippen molar-refractivity contribution in [1.82, 2.24) is 5.32 Å². The highest BCUT2D eigenvalue weighted by atomic mass is 35.5. The van der Waals surface area contributed by atoms with Crippen molar-refractivity contribution in [3.05, 3.63) is 71.2 Å². The van der Waals surface area contributed by atoms with E-state index in [4.69, 9.17) is 16.3 Å². The van der Waals surface area contributed by atoms with Crippen LogP contribution in [0.1, 0.15) is 18.9 Å². The zero-order valence-corrected chi connectivity index (χ0v) is 19.9. The van der Waals surface area contributed by atoms with Crippen molar-refractivity contribution in [2.24, 2.45) is 0 Å². The summed E-state index contributed by atoms with van der Waals surface area (Å²) in [7, 11) is -3.73. The number of benzene rings is 3. The van der Waals surface area contributed by atoms with E-state index < -0.39 is 16.1 Å². The molecule has 32 heavy (non-hydrogen) atoms. The molecule has 0 aliphatic carbocycles. The molecule has 0 fully saturated rings. The number of nitrogens with one attached hydrogen (secondary N) is 1. The Kier molecular flexibility index (Phi) is 7.64. The molecule has 0 aromatic heterocycles. The van der Waals surface area contributed by atoms with Crippen molar-refractivity contribution in [3.8, 4) is 5.75 Å². The van der Waals surface area contributed by atoms with Gasteiger partial charge in [-0.25, -0.2) is 8.42 Å². The van der Waals surface area contributed by atoms with E-state index in [2.05, 4.69) is 5.32 Å². The Hall–Kier alpha value is -2.77. The van der Waals surface area contributed by atoms with Gasteiger partial charge in [-0.15, -0.1) is 0 Å². The first-order valence-corrected chi connectivity index (χ1v) is 12.6. The van der Waals surface area contributed by atoms with E-state index in [1.807, 2.05) is 42.5 Å². The summed E-state index contributed by atoms with van der Waals surface area (Å²) in [5.74, 6) is 0.316. The number of hydrogen-bond acceptors (Lipinski definition) is 4. The quantitative estimate of drug-likeness (QED) is 0.462. The number of hydrogen-bond donors (Lipinski definition) is 1. The summed E-state index contributed by atoms with van der Waals surface area (Å²) in [6.45, 7) is 4.06. The van der Waals surface area contributed by atoms with Crippen LogP contribution in [0.5, 0.6) is 5.75 Å². The lowest BCUT2D eigenvalue weighted by molar-refractivity contribution is -0.122. The molecule has 6 nitrogen and oxygen atoms in total. The lowest BCUT2D eigenvalue weighted by Gasteiger charge is -2.31. The van der Waals surface area contributed by atoms with Gasteiger partial charge in [-0.1, -0.05) is 54.9 Å². The fraction of sp³-hybridized carbons (Fsp3) is 0.292. The number of halogens is 1. The molecule has 0 saturated carbocycles. The maximum Gasteiger partial charge on any atom is 0.244 e. The summed E-state index contributed by atoms with van der Waals surface area (Å²) in [6, 6.07) is 17.9. The number of amides is 1. The number of nitrogens with zero attached hydrogens (tertiary/aromatic N) is 1. The second-order valence-corrected chi connectivity index (χ2v) is 9.86. The van der Waals surface area contributed by atoms with Gasteiger partial charge in [-0.05, 0) is 53.9 Å². The van der Waals surface area contributed by atoms with E-state index in [9.17, 15) is 13.2 Å². The highest BCUT2D eigenvalue weighted by Gasteiger charge is 2.32. The van der Waals surface area contributed by atoms with Crippen LogP contribution in [0.4, 0.5) is 5.69 Å². The van der Waals surface area contributed by atoms with Gasteiger partial charge in [0.1, 0.15) is 18.4 Å². The molecule has 3 aromatic carbocycles. The first-order valence-electron chi connectivity index (χ1n) is 10.4. The summed E-state index contributed by atoms with van der Waals surface area (Å²) >= 11 is 6.10. The molecule has 0 unspecified atom stereocenters. The second-order valence-electron chi connectivity index (χ2n) is 7.56. The van der Waals surface area contributed by atoms with Crippen molar-refractivity contribution < 1.29 is 17.9 Å². The van der Waals surface area contributed by atoms with Crippen molar-refractivity contribution in [3.63, 3.8) is 0 Å². The van der Waals surface area contributed by atoms with Crippen molar-refractivity contribution in [2.75, 3.05) is 23.7 Å². The monoisotopic (exact) mass is 474 g/mol. The van der Waals surface area contributed by atoms with Crippen LogP contribution < -0.4 is 14.4 Å². The lowest BCUT2D eigenvalue weighted by Crippen LogP contribution is -2.50. The van der Waals surface area contributed by atoms with Crippen LogP contribution in [0.2, 0.25) is 5.02 Å². The Morgan fingerprint density at radius 1 is 1.09 bits per heavy atom. The molecule has 3 aromatic rings. The van der Waals surface area contributed by atoms with E-state index in [1.165, 1.54) is 0 Å². The third kappa shape index (κ3) is 5.72. The van der Waals surface area contributed by atoms with Crippen molar-refractivity contribution in [1.29, 1.82) is 0 Å². The normalized spacial score (nSPS) is 12.4. The molecular weight excluding hydrogens is 448 g/mol. The van der Waals surface area contributed by atoms with Crippen LogP contribution in [-0.2, 0) is 14.8 Å². The van der Waals surface area contributed by atoms with Crippen LogP contribution in [0.3, 0.4) is 0 Å². The summed E-state index contributed by atoms with van der Waals surface area (Å²) in [5, 5.41) is 5.39. The molecule has 170 valence electrons. The Balaban J connectivity index is 1.67. The van der Waals surface area contributed by atoms with Crippen LogP contribution in [0, 0.1) is 6.92 Å². The van der Waals surface area contributed by atoms with Gasteiger partial charge in [0.25, 0.3) is 0 Å². The SMILES string of the molecule is CC[C@@H](C(=O)NCCOc1ccc2ccccc2c1)N(c1cc(Cl)ccc1C)S(C)(=O)=O. The number of aryl methyl sites for hydroxylation is 1. The molecular formula is C24H27ClN2O4S. The van der Waals surface area contributed by atoms with Crippen LogP contribution in [0.15, 0.2) is 60.7 Å². The number of rotatable bonds is 9. The minimum absolute atomic E-state index is 0.244. The number of fused-ring (bicyclic) bond motifs is 1. The highest BCUT2D eigenvalue weighted by molar-refractivity contribution is 7.92. The third-order valence-corrected chi connectivity index (χ3v) is 6.53. The molecule has 0 spiro atoms. The molecule has 0 aliphatic rings. The number of anilines is 1. The zero-order chi connectivity index (χ0) is 23.3. The maximum atomic E-state index is 12.9. The zero-order valence-electron chi connectivity index (χ0n) is 18.3. The second kappa shape index (κ2) is 10.2. The highest BCUT2D eigenvalue weighted by Crippen LogP contribution is 2.29. The lowest BCUT2D eigenvalue weighted by atomic mass is 10.1. The Morgan fingerprint density at radius 3 is 2.50 bits per heavy atom. The Labute approximate surface area is 194 Å². The predicted octanol–water partition coefficient (Wildman–Crippen LogP) is 4.54. The van der Waals surface area contributed by atoms with E-state index in [0.29, 0.717) is 28.4 Å². The Morgan fingerprint density at radius 2 is 1.81 bits per heavy atom. The minimum Gasteiger partial charge on any atom is -0.492 e. The summed E-state index contributed by atoms with van der Waals surface area (Å²) in [4.78, 5) is 12.9. The third-order valence-electron chi connectivity index (χ3n) is 5.13. The van der Waals surface area contributed by atoms with Gasteiger partial charge >= 0.3 is 0 Å². The molecule has 1 atom stereocenters. The van der Waals surface area contributed by atoms with E-state index in [0.717, 1.165) is 21.3 Å². The van der Waals surface area contributed by atoms with Gasteiger partial charge in [0.05, 0.1) is 18.5 Å². The molecule has 0 bridgehead atoms. The van der Waals surface area contributed by atoms with E-state index in [1.54, 1.807) is 32.0 Å². The topological polar surface area (TPSA) is 75.7 Å². The van der Waals surface area contributed by atoms with Gasteiger partial charge in [0.2, 0.25) is 15.9 Å². The fourth-order valence-electron chi connectivity index (χ4n) is 3.57. The van der Waals surface area contributed by atoms with Crippen LogP contribution >= 0.6 is 11.6 Å². The number of sulfonamides is 1. The van der Waals surface area contributed by atoms with E-state index >= 15 is 0 Å². The first kappa shape index (κ1) is 23.9. The van der Waals surface area contributed by atoms with Crippen molar-refractivity contribution >= 4 is 44.0 Å². The average Bonchev–Trinajstić information content (AvgIpc) is 2.75. The molecule has 3 rings (SSSR count). The maximum absolute atomic E-state index is 12.9. The number of carbonyl (C=O) groups excluding carboxylic acids is 1. The molecule has 0 radical (unpaired) electrons. The molecule has 0 saturated heterocycles. The van der Waals surface area contributed by atoms with Gasteiger partial charge in [-0.3, -0.25) is 9.10 Å². The van der Waals surface area contributed by atoms with Crippen LogP contribution in [-0.4, -0.2) is 39.8 Å². The van der Waals surface area contributed by atoms with Gasteiger partial charge in [0.15, 0.2) is 0 Å². The number of carbonyl (C=O) groups is 1. The number of ether oxygens (including phenoxy) is 1.